The lowest BCUT2D eigenvalue weighted by atomic mass is 10.2. The summed E-state index contributed by atoms with van der Waals surface area (Å²) in [7, 11) is 0. The van der Waals surface area contributed by atoms with Crippen LogP contribution in [0.15, 0.2) is 6.07 Å². The zero-order valence-electron chi connectivity index (χ0n) is 8.45. The van der Waals surface area contributed by atoms with Crippen LogP contribution >= 0.6 is 0 Å². The van der Waals surface area contributed by atoms with Crippen molar-refractivity contribution in [3.63, 3.8) is 0 Å². The number of H-pyrrole nitrogens is 1. The molecule has 0 aliphatic carbocycles. The normalized spacial score (nSPS) is 22.5. The Morgan fingerprint density at radius 2 is 2.57 bits per heavy atom. The lowest BCUT2D eigenvalue weighted by Crippen LogP contribution is -2.22. The molecule has 0 aromatic carbocycles. The minimum absolute atomic E-state index is 0.0271. The van der Waals surface area contributed by atoms with Crippen molar-refractivity contribution in [3.8, 4) is 0 Å². The van der Waals surface area contributed by atoms with Gasteiger partial charge in [0.2, 0.25) is 0 Å². The van der Waals surface area contributed by atoms with E-state index in [-0.39, 0.29) is 6.29 Å². The standard InChI is InChI=1S/C10H16N2O2/c1-8-6-9(12-11-8)7-14-10-4-2-3-5-13-10/h6,10H,2-5,7H2,1H3,(H,11,12). The van der Waals surface area contributed by atoms with Crippen LogP contribution in [0.1, 0.15) is 30.7 Å². The summed E-state index contributed by atoms with van der Waals surface area (Å²) >= 11 is 0. The molecule has 1 saturated heterocycles. The third kappa shape index (κ3) is 2.56. The van der Waals surface area contributed by atoms with Crippen LogP contribution in [0.3, 0.4) is 0 Å². The SMILES string of the molecule is Cc1cc(COC2CCCCO2)n[nH]1. The monoisotopic (exact) mass is 196 g/mol. The zero-order valence-corrected chi connectivity index (χ0v) is 8.45. The lowest BCUT2D eigenvalue weighted by molar-refractivity contribution is -0.169. The molecule has 2 rings (SSSR count). The summed E-state index contributed by atoms with van der Waals surface area (Å²) in [5.74, 6) is 0. The number of rotatable bonds is 3. The molecule has 0 saturated carbocycles. The Kier molecular flexibility index (Phi) is 3.16. The first-order chi connectivity index (χ1) is 6.84. The molecule has 1 fully saturated rings. The van der Waals surface area contributed by atoms with E-state index in [2.05, 4.69) is 10.2 Å². The number of aromatic nitrogens is 2. The van der Waals surface area contributed by atoms with Crippen LogP contribution in [-0.4, -0.2) is 23.1 Å². The third-order valence-electron chi connectivity index (χ3n) is 2.31. The van der Waals surface area contributed by atoms with Crippen molar-refractivity contribution in [2.24, 2.45) is 0 Å². The van der Waals surface area contributed by atoms with Crippen LogP contribution < -0.4 is 0 Å². The molecule has 0 radical (unpaired) electrons. The van der Waals surface area contributed by atoms with Crippen molar-refractivity contribution in [3.05, 3.63) is 17.5 Å². The van der Waals surface area contributed by atoms with Crippen molar-refractivity contribution >= 4 is 0 Å². The van der Waals surface area contributed by atoms with E-state index < -0.39 is 0 Å². The number of hydrogen-bond acceptors (Lipinski definition) is 3. The van der Waals surface area contributed by atoms with Gasteiger partial charge in [-0.25, -0.2) is 0 Å². The minimum atomic E-state index is -0.0271. The summed E-state index contributed by atoms with van der Waals surface area (Å²) in [4.78, 5) is 0. The maximum Gasteiger partial charge on any atom is 0.158 e. The van der Waals surface area contributed by atoms with E-state index in [4.69, 9.17) is 9.47 Å². The predicted octanol–water partition coefficient (Wildman–Crippen LogP) is 1.76. The van der Waals surface area contributed by atoms with Gasteiger partial charge in [-0.15, -0.1) is 0 Å². The Labute approximate surface area is 83.6 Å². The lowest BCUT2D eigenvalue weighted by Gasteiger charge is -2.22. The summed E-state index contributed by atoms with van der Waals surface area (Å²) < 4.78 is 11.0. The van der Waals surface area contributed by atoms with Crippen molar-refractivity contribution in [1.82, 2.24) is 10.2 Å². The van der Waals surface area contributed by atoms with Gasteiger partial charge in [-0.3, -0.25) is 5.10 Å². The van der Waals surface area contributed by atoms with E-state index in [9.17, 15) is 0 Å². The van der Waals surface area contributed by atoms with Gasteiger partial charge in [-0.2, -0.15) is 5.10 Å². The van der Waals surface area contributed by atoms with Gasteiger partial charge in [0.1, 0.15) is 0 Å². The Balaban J connectivity index is 1.76. The number of nitrogens with zero attached hydrogens (tertiary/aromatic N) is 1. The fourth-order valence-corrected chi connectivity index (χ4v) is 1.57. The van der Waals surface area contributed by atoms with Gasteiger partial charge >= 0.3 is 0 Å². The second-order valence-electron chi connectivity index (χ2n) is 3.65. The first-order valence-electron chi connectivity index (χ1n) is 5.09. The molecule has 1 atom stereocenters. The summed E-state index contributed by atoms with van der Waals surface area (Å²) in [6, 6.07) is 1.99. The molecule has 0 spiro atoms. The van der Waals surface area contributed by atoms with Crippen LogP contribution in [-0.2, 0) is 16.1 Å². The molecule has 78 valence electrons. The fourth-order valence-electron chi connectivity index (χ4n) is 1.57. The van der Waals surface area contributed by atoms with E-state index in [0.717, 1.165) is 30.8 Å². The van der Waals surface area contributed by atoms with Gasteiger partial charge in [-0.1, -0.05) is 0 Å². The maximum atomic E-state index is 5.58. The maximum absolute atomic E-state index is 5.58. The Morgan fingerprint density at radius 3 is 3.21 bits per heavy atom. The van der Waals surface area contributed by atoms with E-state index in [0.29, 0.717) is 6.61 Å². The molecule has 0 amide bonds. The van der Waals surface area contributed by atoms with Crippen LogP contribution in [0.4, 0.5) is 0 Å². The second-order valence-corrected chi connectivity index (χ2v) is 3.65. The highest BCUT2D eigenvalue weighted by atomic mass is 16.7. The average Bonchev–Trinajstić information content (AvgIpc) is 2.63. The van der Waals surface area contributed by atoms with Gasteiger partial charge < -0.3 is 9.47 Å². The molecule has 4 nitrogen and oxygen atoms in total. The van der Waals surface area contributed by atoms with Crippen LogP contribution in [0.2, 0.25) is 0 Å². The zero-order chi connectivity index (χ0) is 9.80. The summed E-state index contributed by atoms with van der Waals surface area (Å²) in [5.41, 5.74) is 2.00. The molecule has 1 aliphatic rings. The highest BCUT2D eigenvalue weighted by Crippen LogP contribution is 2.15. The Hall–Kier alpha value is -0.870. The molecule has 1 aromatic rings. The smallest absolute Gasteiger partial charge is 0.158 e. The summed E-state index contributed by atoms with van der Waals surface area (Å²) in [6.07, 6.45) is 3.33. The van der Waals surface area contributed by atoms with Gasteiger partial charge in [-0.05, 0) is 32.3 Å². The molecule has 1 unspecified atom stereocenters. The van der Waals surface area contributed by atoms with Gasteiger partial charge in [0.25, 0.3) is 0 Å². The largest absolute Gasteiger partial charge is 0.353 e. The van der Waals surface area contributed by atoms with Crippen LogP contribution in [0.5, 0.6) is 0 Å². The van der Waals surface area contributed by atoms with E-state index >= 15 is 0 Å². The number of ether oxygens (including phenoxy) is 2. The topological polar surface area (TPSA) is 47.1 Å². The molecule has 14 heavy (non-hydrogen) atoms. The van der Waals surface area contributed by atoms with Crippen LogP contribution in [0.25, 0.3) is 0 Å². The van der Waals surface area contributed by atoms with E-state index in [1.165, 1.54) is 6.42 Å². The highest BCUT2D eigenvalue weighted by molar-refractivity contribution is 5.05. The molecule has 1 aliphatic heterocycles. The predicted molar refractivity (Wildman–Crippen MR) is 51.7 cm³/mol. The quantitative estimate of drug-likeness (QED) is 0.801. The molecule has 1 N–H and O–H groups in total. The minimum Gasteiger partial charge on any atom is -0.353 e. The molecule has 0 bridgehead atoms. The molecular weight excluding hydrogens is 180 g/mol. The van der Waals surface area contributed by atoms with Crippen molar-refractivity contribution in [2.45, 2.75) is 39.1 Å². The number of hydrogen-bond donors (Lipinski definition) is 1. The van der Waals surface area contributed by atoms with Crippen molar-refractivity contribution in [2.75, 3.05) is 6.61 Å². The van der Waals surface area contributed by atoms with Crippen molar-refractivity contribution in [1.29, 1.82) is 0 Å². The fraction of sp³-hybridized carbons (Fsp3) is 0.700. The first-order valence-corrected chi connectivity index (χ1v) is 5.09. The molecule has 4 heteroatoms. The summed E-state index contributed by atoms with van der Waals surface area (Å²) in [6.45, 7) is 3.34. The van der Waals surface area contributed by atoms with E-state index in [1.807, 2.05) is 13.0 Å². The first kappa shape index (κ1) is 9.68. The third-order valence-corrected chi connectivity index (χ3v) is 2.31. The Morgan fingerprint density at radius 1 is 1.64 bits per heavy atom. The number of aryl methyl sites for hydroxylation is 1. The van der Waals surface area contributed by atoms with E-state index in [1.54, 1.807) is 0 Å². The second kappa shape index (κ2) is 4.57. The molecule has 1 aromatic heterocycles. The number of nitrogens with one attached hydrogen (secondary N) is 1. The Bertz CT molecular complexity index is 279. The average molecular weight is 196 g/mol. The number of aromatic amines is 1. The van der Waals surface area contributed by atoms with Gasteiger partial charge in [0, 0.05) is 12.3 Å². The van der Waals surface area contributed by atoms with Crippen molar-refractivity contribution < 1.29 is 9.47 Å². The van der Waals surface area contributed by atoms with Crippen LogP contribution in [0, 0.1) is 6.92 Å². The van der Waals surface area contributed by atoms with Gasteiger partial charge in [0.05, 0.1) is 12.3 Å². The molecule has 2 heterocycles. The highest BCUT2D eigenvalue weighted by Gasteiger charge is 2.14. The molecular formula is C10H16N2O2. The summed E-state index contributed by atoms with van der Waals surface area (Å²) in [5, 5.41) is 6.98. The van der Waals surface area contributed by atoms with Gasteiger partial charge in [0.15, 0.2) is 6.29 Å².